The highest BCUT2D eigenvalue weighted by atomic mass is 32.2. The quantitative estimate of drug-likeness (QED) is 0.375. The molecule has 0 amide bonds. The molecule has 4 nitrogen and oxygen atoms in total. The third-order valence-electron chi connectivity index (χ3n) is 11.2. The van der Waals surface area contributed by atoms with Gasteiger partial charge >= 0.3 is 0 Å². The molecule has 0 saturated heterocycles. The highest BCUT2D eigenvalue weighted by Gasteiger charge is 2.55. The lowest BCUT2D eigenvalue weighted by Crippen LogP contribution is -2.46. The summed E-state index contributed by atoms with van der Waals surface area (Å²) in [5.41, 5.74) is 1.83. The van der Waals surface area contributed by atoms with E-state index in [0.717, 1.165) is 43.4 Å². The summed E-state index contributed by atoms with van der Waals surface area (Å²) in [6.07, 6.45) is 12.8. The van der Waals surface area contributed by atoms with Gasteiger partial charge in [-0.2, -0.15) is 0 Å². The fourth-order valence-corrected chi connectivity index (χ4v) is 10.8. The fourth-order valence-electron chi connectivity index (χ4n) is 8.96. The molecule has 4 aliphatic rings. The van der Waals surface area contributed by atoms with E-state index in [1.165, 1.54) is 37.7 Å². The molecule has 9 atom stereocenters. The van der Waals surface area contributed by atoms with Crippen molar-refractivity contribution < 1.29 is 18.6 Å². The predicted octanol–water partition coefficient (Wildman–Crippen LogP) is 6.57. The van der Waals surface area contributed by atoms with Gasteiger partial charge in [0, 0.05) is 0 Å². The number of hydrogen-bond acceptors (Lipinski definition) is 4. The van der Waals surface area contributed by atoms with Crippen molar-refractivity contribution in [2.75, 3.05) is 0 Å². The van der Waals surface area contributed by atoms with Gasteiger partial charge in [-0.1, -0.05) is 50.6 Å². The summed E-state index contributed by atoms with van der Waals surface area (Å²) in [6, 6.07) is 8.84. The summed E-state index contributed by atoms with van der Waals surface area (Å²) >= 11 is 0. The van der Waals surface area contributed by atoms with Crippen LogP contribution < -0.4 is 0 Å². The van der Waals surface area contributed by atoms with Gasteiger partial charge in [0.25, 0.3) is 0 Å². The monoisotopic (exact) mass is 528 g/mol. The molecule has 0 heterocycles. The van der Waals surface area contributed by atoms with Crippen molar-refractivity contribution in [1.29, 1.82) is 0 Å². The molecule has 0 aliphatic heterocycles. The third kappa shape index (κ3) is 5.22. The van der Waals surface area contributed by atoms with Gasteiger partial charge < -0.3 is 10.2 Å². The van der Waals surface area contributed by atoms with E-state index < -0.39 is 21.2 Å². The lowest BCUT2D eigenvalue weighted by molar-refractivity contribution is -0.0201. The molecule has 0 aromatic heterocycles. The zero-order valence-corrected chi connectivity index (χ0v) is 23.9. The van der Waals surface area contributed by atoms with E-state index in [9.17, 15) is 18.6 Å². The topological polar surface area (TPSA) is 74.6 Å². The average molecular weight is 529 g/mol. The maximum absolute atomic E-state index is 13.7. The smallest absolute Gasteiger partial charge is 0.181 e. The Morgan fingerprint density at radius 2 is 1.78 bits per heavy atom. The summed E-state index contributed by atoms with van der Waals surface area (Å²) in [5, 5.41) is 20.3. The van der Waals surface area contributed by atoms with Crippen LogP contribution in [-0.2, 0) is 9.84 Å². The first-order valence-corrected chi connectivity index (χ1v) is 16.5. The minimum atomic E-state index is -3.50. The number of fused-ring (bicyclic) bond motifs is 5. The highest BCUT2D eigenvalue weighted by molar-refractivity contribution is 7.92. The van der Waals surface area contributed by atoms with Crippen molar-refractivity contribution in [2.24, 2.45) is 40.9 Å². The molecule has 37 heavy (non-hydrogen) atoms. The molecule has 1 aromatic rings. The Bertz CT molecular complexity index is 1060. The first kappa shape index (κ1) is 27.4. The standard InChI is InChI=1S/C32H48O4S/c1-21(2)31(34)20-26(37(35,36)25-7-5-4-6-8-25)13-10-23-11-16-30-29-14-9-22-19-24(33)12-15-27(22)28(29)17-18-32(23,30)3/h4-9,21,23-24,26-31,33-34H,10-20H2,1-3H3/t23-,24?,26?,27?,28?,29?,30?,31?,32?/m0/s1. The van der Waals surface area contributed by atoms with Gasteiger partial charge in [-0.15, -0.1) is 0 Å². The summed E-state index contributed by atoms with van der Waals surface area (Å²) in [7, 11) is -3.50. The molecule has 3 fully saturated rings. The van der Waals surface area contributed by atoms with Gasteiger partial charge in [0.1, 0.15) is 0 Å². The van der Waals surface area contributed by atoms with E-state index in [1.807, 2.05) is 19.9 Å². The van der Waals surface area contributed by atoms with Crippen molar-refractivity contribution in [3.63, 3.8) is 0 Å². The van der Waals surface area contributed by atoms with E-state index in [4.69, 9.17) is 0 Å². The van der Waals surface area contributed by atoms with Crippen LogP contribution in [0.3, 0.4) is 0 Å². The van der Waals surface area contributed by atoms with Gasteiger partial charge in [-0.05, 0) is 124 Å². The van der Waals surface area contributed by atoms with Crippen molar-refractivity contribution >= 4 is 9.84 Å². The number of aliphatic hydroxyl groups is 2. The lowest BCUT2D eigenvalue weighted by Gasteiger charge is -2.54. The first-order chi connectivity index (χ1) is 17.6. The predicted molar refractivity (Wildman–Crippen MR) is 149 cm³/mol. The number of sulfone groups is 1. The molecular formula is C32H48O4S. The van der Waals surface area contributed by atoms with Gasteiger partial charge in [0.05, 0.1) is 22.4 Å². The number of aliphatic hydroxyl groups excluding tert-OH is 2. The van der Waals surface area contributed by atoms with Crippen LogP contribution in [0.4, 0.5) is 0 Å². The molecule has 0 bridgehead atoms. The Labute approximate surface area is 224 Å². The minimum Gasteiger partial charge on any atom is -0.393 e. The lowest BCUT2D eigenvalue weighted by atomic mass is 9.51. The molecule has 8 unspecified atom stereocenters. The third-order valence-corrected chi connectivity index (χ3v) is 13.5. The zero-order valence-electron chi connectivity index (χ0n) is 23.1. The molecule has 3 saturated carbocycles. The Kier molecular flexibility index (Phi) is 7.98. The molecule has 0 spiro atoms. The van der Waals surface area contributed by atoms with Crippen molar-refractivity contribution in [2.45, 2.75) is 114 Å². The van der Waals surface area contributed by atoms with Crippen LogP contribution in [-0.4, -0.2) is 36.1 Å². The molecule has 206 valence electrons. The Morgan fingerprint density at radius 3 is 2.51 bits per heavy atom. The summed E-state index contributed by atoms with van der Waals surface area (Å²) < 4.78 is 27.3. The molecule has 2 N–H and O–H groups in total. The van der Waals surface area contributed by atoms with E-state index in [-0.39, 0.29) is 12.0 Å². The molecule has 5 rings (SSSR count). The maximum Gasteiger partial charge on any atom is 0.181 e. The summed E-state index contributed by atoms with van der Waals surface area (Å²) in [4.78, 5) is 0.384. The second-order valence-electron chi connectivity index (χ2n) is 13.4. The highest BCUT2D eigenvalue weighted by Crippen LogP contribution is 2.64. The number of rotatable bonds is 8. The number of hydrogen-bond donors (Lipinski definition) is 2. The van der Waals surface area contributed by atoms with Gasteiger partial charge in [-0.3, -0.25) is 0 Å². The van der Waals surface area contributed by atoms with Crippen LogP contribution in [0.15, 0.2) is 46.9 Å². The molecule has 1 aromatic carbocycles. The zero-order chi connectivity index (χ0) is 26.4. The largest absolute Gasteiger partial charge is 0.393 e. The van der Waals surface area contributed by atoms with Crippen LogP contribution in [0.5, 0.6) is 0 Å². The van der Waals surface area contributed by atoms with E-state index >= 15 is 0 Å². The van der Waals surface area contributed by atoms with Crippen LogP contribution in [0.2, 0.25) is 0 Å². The normalized spacial score (nSPS) is 37.3. The van der Waals surface area contributed by atoms with Gasteiger partial charge in [-0.25, -0.2) is 8.42 Å². The van der Waals surface area contributed by atoms with Crippen LogP contribution in [0.25, 0.3) is 0 Å². The number of benzene rings is 1. The average Bonchev–Trinajstić information content (AvgIpc) is 3.22. The summed E-state index contributed by atoms with van der Waals surface area (Å²) in [5.74, 6) is 3.54. The molecular weight excluding hydrogens is 480 g/mol. The van der Waals surface area contributed by atoms with Crippen molar-refractivity contribution in [3.8, 4) is 0 Å². The molecule has 4 aliphatic carbocycles. The molecule has 0 radical (unpaired) electrons. The second-order valence-corrected chi connectivity index (χ2v) is 15.6. The van der Waals surface area contributed by atoms with E-state index in [2.05, 4.69) is 13.0 Å². The first-order valence-electron chi connectivity index (χ1n) is 14.9. The minimum absolute atomic E-state index is 0.0438. The van der Waals surface area contributed by atoms with Gasteiger partial charge in [0.2, 0.25) is 0 Å². The second kappa shape index (κ2) is 10.8. The summed E-state index contributed by atoms with van der Waals surface area (Å²) in [6.45, 7) is 6.45. The fraction of sp³-hybridized carbons (Fsp3) is 0.750. The Balaban J connectivity index is 1.31. The van der Waals surface area contributed by atoms with Crippen molar-refractivity contribution in [3.05, 3.63) is 42.0 Å². The Morgan fingerprint density at radius 1 is 1.03 bits per heavy atom. The van der Waals surface area contributed by atoms with Crippen molar-refractivity contribution in [1.82, 2.24) is 0 Å². The maximum atomic E-state index is 13.7. The van der Waals surface area contributed by atoms with E-state index in [1.54, 1.807) is 24.3 Å². The van der Waals surface area contributed by atoms with Crippen LogP contribution in [0.1, 0.15) is 91.4 Å². The van der Waals surface area contributed by atoms with Gasteiger partial charge in [0.15, 0.2) is 9.84 Å². The SMILES string of the molecule is CC(C)C(O)CC(CC[C@H]1CCC2C3CC=C4CC(O)CCC4C3CCC21C)S(=O)(=O)c1ccccc1. The molecule has 5 heteroatoms. The van der Waals surface area contributed by atoms with Crippen LogP contribution in [0, 0.1) is 40.9 Å². The van der Waals surface area contributed by atoms with Crippen LogP contribution >= 0.6 is 0 Å². The van der Waals surface area contributed by atoms with E-state index in [0.29, 0.717) is 35.0 Å². The number of allylic oxidation sites excluding steroid dienone is 1. The Hall–Kier alpha value is -1.17.